The second kappa shape index (κ2) is 15.5. The van der Waals surface area contributed by atoms with Gasteiger partial charge in [0.05, 0.1) is 5.56 Å². The Kier molecular flexibility index (Phi) is 11.6. The van der Waals surface area contributed by atoms with Gasteiger partial charge in [0.25, 0.3) is 0 Å². The van der Waals surface area contributed by atoms with Crippen LogP contribution in [0.1, 0.15) is 81.8 Å². The molecule has 0 aliphatic heterocycles. The van der Waals surface area contributed by atoms with Gasteiger partial charge in [-0.25, -0.2) is 26.3 Å². The first kappa shape index (κ1) is 38.0. The Labute approximate surface area is 287 Å². The summed E-state index contributed by atoms with van der Waals surface area (Å²) in [5.74, 6) is -10.9. The Morgan fingerprint density at radius 2 is 1.24 bits per heavy atom. The van der Waals surface area contributed by atoms with Crippen molar-refractivity contribution in [1.29, 1.82) is 0 Å². The summed E-state index contributed by atoms with van der Waals surface area (Å²) in [6.07, 6.45) is -0.250. The zero-order valence-electron chi connectivity index (χ0n) is 27.3. The monoisotopic (exact) mass is 730 g/mol. The molecule has 0 aromatic heterocycles. The fourth-order valence-corrected chi connectivity index (χ4v) is 6.62. The van der Waals surface area contributed by atoms with Crippen molar-refractivity contribution in [3.63, 3.8) is 0 Å². The highest BCUT2D eigenvalue weighted by Gasteiger charge is 2.42. The van der Waals surface area contributed by atoms with Crippen LogP contribution in [0.2, 0.25) is 0 Å². The van der Waals surface area contributed by atoms with Crippen molar-refractivity contribution in [2.75, 3.05) is 0 Å². The van der Waals surface area contributed by atoms with Crippen molar-refractivity contribution in [3.8, 4) is 33.8 Å². The maximum Gasteiger partial charge on any atom is 0.573 e. The van der Waals surface area contributed by atoms with E-state index in [-0.39, 0.29) is 35.2 Å². The number of unbranched alkanes of at least 4 members (excludes halogenated alkanes) is 3. The SMILES string of the molecule is CCCCCCC1CCC(c2ccc(-c3cc(F)c(-c4cc(F)c(C(F)(F)Oc5ccc(OC(F)(F)F)c(F)c5)c(F)c4)c(F)c3)c(F)c2)CC1. The van der Waals surface area contributed by atoms with Crippen molar-refractivity contribution in [1.82, 2.24) is 0 Å². The van der Waals surface area contributed by atoms with Crippen molar-refractivity contribution >= 4 is 0 Å². The largest absolute Gasteiger partial charge is 0.573 e. The molecule has 0 saturated heterocycles. The van der Waals surface area contributed by atoms with Crippen LogP contribution >= 0.6 is 0 Å². The fourth-order valence-electron chi connectivity index (χ4n) is 6.62. The summed E-state index contributed by atoms with van der Waals surface area (Å²) in [5.41, 5.74) is -3.37. The number of benzene rings is 4. The van der Waals surface area contributed by atoms with Gasteiger partial charge in [-0.05, 0) is 96.7 Å². The summed E-state index contributed by atoms with van der Waals surface area (Å²) >= 11 is 0. The molecule has 0 bridgehead atoms. The molecule has 0 spiro atoms. The molecule has 13 heteroatoms. The third-order valence-corrected chi connectivity index (χ3v) is 9.13. The van der Waals surface area contributed by atoms with Gasteiger partial charge in [-0.1, -0.05) is 51.2 Å². The third kappa shape index (κ3) is 9.15. The average molecular weight is 731 g/mol. The van der Waals surface area contributed by atoms with Gasteiger partial charge in [0, 0.05) is 11.6 Å². The van der Waals surface area contributed by atoms with E-state index in [0.29, 0.717) is 18.1 Å². The van der Waals surface area contributed by atoms with Gasteiger partial charge in [-0.15, -0.1) is 13.2 Å². The van der Waals surface area contributed by atoms with Crippen LogP contribution in [0.4, 0.5) is 48.3 Å². The van der Waals surface area contributed by atoms with Crippen LogP contribution in [-0.4, -0.2) is 6.36 Å². The van der Waals surface area contributed by atoms with Crippen LogP contribution in [0, 0.1) is 40.8 Å². The molecule has 0 unspecified atom stereocenters. The van der Waals surface area contributed by atoms with Gasteiger partial charge >= 0.3 is 12.5 Å². The molecule has 0 amide bonds. The molecule has 2 nitrogen and oxygen atoms in total. The molecule has 0 N–H and O–H groups in total. The number of halogens is 11. The minimum Gasteiger partial charge on any atom is -0.429 e. The first-order valence-electron chi connectivity index (χ1n) is 16.5. The van der Waals surface area contributed by atoms with Crippen molar-refractivity contribution in [2.45, 2.75) is 83.1 Å². The molecule has 51 heavy (non-hydrogen) atoms. The Morgan fingerprint density at radius 1 is 0.608 bits per heavy atom. The Bertz CT molecular complexity index is 1800. The van der Waals surface area contributed by atoms with Gasteiger partial charge in [0.2, 0.25) is 0 Å². The summed E-state index contributed by atoms with van der Waals surface area (Å²) in [6.45, 7) is 2.17. The Balaban J connectivity index is 1.32. The maximum atomic E-state index is 15.3. The number of hydrogen-bond donors (Lipinski definition) is 0. The molecular formula is C38H33F11O2. The fraction of sp³-hybridized carbons (Fsp3) is 0.368. The number of ether oxygens (including phenoxy) is 2. The summed E-state index contributed by atoms with van der Waals surface area (Å²) in [5, 5.41) is 0. The first-order chi connectivity index (χ1) is 24.1. The molecule has 4 aromatic rings. The Morgan fingerprint density at radius 3 is 1.80 bits per heavy atom. The predicted octanol–water partition coefficient (Wildman–Crippen LogP) is 13.1. The molecule has 4 aromatic carbocycles. The van der Waals surface area contributed by atoms with Crippen molar-refractivity contribution < 1.29 is 57.8 Å². The van der Waals surface area contributed by atoms with E-state index in [0.717, 1.165) is 43.4 Å². The molecule has 1 fully saturated rings. The van der Waals surface area contributed by atoms with Crippen molar-refractivity contribution in [2.24, 2.45) is 5.92 Å². The molecule has 5 rings (SSSR count). The lowest BCUT2D eigenvalue weighted by atomic mass is 9.77. The molecule has 0 radical (unpaired) electrons. The molecule has 0 atom stereocenters. The van der Waals surface area contributed by atoms with E-state index < -0.39 is 75.6 Å². The van der Waals surface area contributed by atoms with Crippen molar-refractivity contribution in [3.05, 3.63) is 107 Å². The number of alkyl halides is 5. The lowest BCUT2D eigenvalue weighted by Crippen LogP contribution is -2.25. The molecular weight excluding hydrogens is 697 g/mol. The summed E-state index contributed by atoms with van der Waals surface area (Å²) in [4.78, 5) is 0. The van der Waals surface area contributed by atoms with E-state index in [9.17, 15) is 35.1 Å². The third-order valence-electron chi connectivity index (χ3n) is 9.13. The van der Waals surface area contributed by atoms with E-state index >= 15 is 13.2 Å². The Hall–Kier alpha value is -4.29. The normalized spacial score (nSPS) is 16.7. The lowest BCUT2D eigenvalue weighted by molar-refractivity contribution is -0.275. The zero-order valence-corrected chi connectivity index (χ0v) is 27.3. The van der Waals surface area contributed by atoms with Gasteiger partial charge in [0.1, 0.15) is 40.4 Å². The van der Waals surface area contributed by atoms with E-state index in [1.807, 2.05) is 0 Å². The maximum absolute atomic E-state index is 15.3. The van der Waals surface area contributed by atoms with Crippen LogP contribution < -0.4 is 9.47 Å². The lowest BCUT2D eigenvalue weighted by Gasteiger charge is -2.29. The predicted molar refractivity (Wildman–Crippen MR) is 168 cm³/mol. The van der Waals surface area contributed by atoms with E-state index in [2.05, 4.69) is 16.4 Å². The minimum atomic E-state index is -5.30. The average Bonchev–Trinajstić information content (AvgIpc) is 3.03. The van der Waals surface area contributed by atoms with Gasteiger partial charge < -0.3 is 9.47 Å². The smallest absolute Gasteiger partial charge is 0.429 e. The van der Waals surface area contributed by atoms with E-state index in [1.165, 1.54) is 44.2 Å². The van der Waals surface area contributed by atoms with Crippen LogP contribution in [0.25, 0.3) is 22.3 Å². The highest BCUT2D eigenvalue weighted by Crippen LogP contribution is 2.42. The first-order valence-corrected chi connectivity index (χ1v) is 16.5. The molecule has 1 aliphatic rings. The second-order valence-corrected chi connectivity index (χ2v) is 12.7. The summed E-state index contributed by atoms with van der Waals surface area (Å²) in [6, 6.07) is 7.21. The topological polar surface area (TPSA) is 18.5 Å². The van der Waals surface area contributed by atoms with E-state index in [1.54, 1.807) is 6.07 Å². The van der Waals surface area contributed by atoms with Gasteiger partial charge in [-0.3, -0.25) is 0 Å². The zero-order chi connectivity index (χ0) is 37.1. The highest BCUT2D eigenvalue weighted by molar-refractivity contribution is 5.72. The number of rotatable bonds is 12. The molecule has 1 saturated carbocycles. The van der Waals surface area contributed by atoms with Gasteiger partial charge in [-0.2, -0.15) is 8.78 Å². The molecule has 274 valence electrons. The standard InChI is InChI=1S/C38H33F11O2/c1-2-3-4-5-6-21-7-9-22(10-8-21)23-11-13-27(28(39)15-23)24-16-30(41)35(31(42)17-24)25-18-32(43)36(33(44)19-25)37(45,46)50-26-12-14-34(29(40)20-26)51-38(47,48)49/h11-22H,2-10H2,1H3. The van der Waals surface area contributed by atoms with Crippen LogP contribution in [0.3, 0.4) is 0 Å². The highest BCUT2D eigenvalue weighted by atomic mass is 19.4. The summed E-state index contributed by atoms with van der Waals surface area (Å²) in [7, 11) is 0. The van der Waals surface area contributed by atoms with Crippen LogP contribution in [0.15, 0.2) is 60.7 Å². The second-order valence-electron chi connectivity index (χ2n) is 12.7. The quantitative estimate of drug-likeness (QED) is 0.107. The molecule has 1 aliphatic carbocycles. The van der Waals surface area contributed by atoms with E-state index in [4.69, 9.17) is 0 Å². The number of hydrogen-bond acceptors (Lipinski definition) is 2. The summed E-state index contributed by atoms with van der Waals surface area (Å²) < 4.78 is 164. The minimum absolute atomic E-state index is 0.0725. The van der Waals surface area contributed by atoms with Gasteiger partial charge in [0.15, 0.2) is 11.6 Å². The van der Waals surface area contributed by atoms with Crippen LogP contribution in [-0.2, 0) is 6.11 Å². The van der Waals surface area contributed by atoms with Crippen LogP contribution in [0.5, 0.6) is 11.5 Å². The molecule has 0 heterocycles.